The van der Waals surface area contributed by atoms with Gasteiger partial charge in [0, 0.05) is 50.3 Å². The number of hydrogen-bond donors (Lipinski definition) is 0. The van der Waals surface area contributed by atoms with Crippen LogP contribution < -0.4 is 9.80 Å². The Morgan fingerprint density at radius 2 is 1.12 bits per heavy atom. The van der Waals surface area contributed by atoms with Gasteiger partial charge in [-0.05, 0) is 30.3 Å². The van der Waals surface area contributed by atoms with E-state index in [4.69, 9.17) is 24.4 Å². The average molecular weight is 456 g/mol. The third-order valence-corrected chi connectivity index (χ3v) is 3.61. The molecule has 0 bridgehead atoms. The van der Waals surface area contributed by atoms with Crippen LogP contribution in [0.3, 0.4) is 0 Å². The van der Waals surface area contributed by atoms with Crippen molar-refractivity contribution in [2.75, 3.05) is 38.0 Å². The Hall–Kier alpha value is -0.837. The summed E-state index contributed by atoms with van der Waals surface area (Å²) in [5.74, 6) is 0. The molecule has 0 atom stereocenters. The van der Waals surface area contributed by atoms with E-state index in [-0.39, 0.29) is 17.9 Å². The summed E-state index contributed by atoms with van der Waals surface area (Å²) < 4.78 is 0. The third kappa shape index (κ3) is 6.12. The number of anilines is 2. The fraction of sp³-hybridized carbons (Fsp3) is 0.235. The number of pyridine rings is 1. The molecule has 0 aliphatic carbocycles. The molecule has 1 aromatic heterocycles. The summed E-state index contributed by atoms with van der Waals surface area (Å²) in [6.45, 7) is 0. The van der Waals surface area contributed by atoms with E-state index < -0.39 is 15.1 Å². The number of hydrogen-bond acceptors (Lipinski definition) is 3. The first-order valence-electron chi connectivity index (χ1n) is 7.27. The molecule has 0 unspecified atom stereocenters. The Balaban J connectivity index is 0.00000108. The fourth-order valence-electron chi connectivity index (χ4n) is 2.36. The van der Waals surface area contributed by atoms with Crippen LogP contribution in [-0.2, 0) is 15.1 Å². The monoisotopic (exact) mass is 453 g/mol. The zero-order chi connectivity index (χ0) is 17.0. The molecule has 0 aliphatic heterocycles. The zero-order valence-electron chi connectivity index (χ0n) is 14.8. The minimum absolute atomic E-state index is 0. The van der Waals surface area contributed by atoms with Gasteiger partial charge in [-0.15, -0.1) is 12.4 Å². The van der Waals surface area contributed by atoms with Crippen molar-refractivity contribution in [3.8, 4) is 0 Å². The first-order chi connectivity index (χ1) is 11.0. The van der Waals surface area contributed by atoms with Gasteiger partial charge in [0.25, 0.3) is 0 Å². The standard InChI is InChI=1S/C17H19N3.3ClH.H2O.Zn/c1-19(2)14-7-5-12-9-13-6-8-15(20(3)4)11-17(13)18-16(12)10-14;;;;;/h5-11H,1-4H3;3*1H;1H2;/q;;;;;+2/p-2. The van der Waals surface area contributed by atoms with Crippen LogP contribution in [0.15, 0.2) is 42.5 Å². The van der Waals surface area contributed by atoms with E-state index in [1.807, 2.05) is 28.2 Å². The molecular formula is C17H22Cl3N3OZn. The third-order valence-electron chi connectivity index (χ3n) is 3.61. The van der Waals surface area contributed by atoms with Crippen molar-refractivity contribution in [2.45, 2.75) is 0 Å². The van der Waals surface area contributed by atoms with Crippen LogP contribution in [-0.4, -0.2) is 38.7 Å². The van der Waals surface area contributed by atoms with Crippen molar-refractivity contribution in [1.82, 2.24) is 4.98 Å². The molecule has 3 rings (SSSR count). The molecule has 25 heavy (non-hydrogen) atoms. The van der Waals surface area contributed by atoms with Crippen molar-refractivity contribution in [3.63, 3.8) is 0 Å². The van der Waals surface area contributed by atoms with Gasteiger partial charge in [0.05, 0.1) is 11.0 Å². The van der Waals surface area contributed by atoms with Gasteiger partial charge >= 0.3 is 34.5 Å². The Kier molecular flexibility index (Phi) is 10.6. The quantitative estimate of drug-likeness (QED) is 0.422. The number of nitrogens with zero attached hydrogens (tertiary/aromatic N) is 3. The molecule has 0 saturated carbocycles. The molecular weight excluding hydrogens is 434 g/mol. The molecule has 0 aliphatic rings. The molecule has 0 saturated heterocycles. The predicted molar refractivity (Wildman–Crippen MR) is 110 cm³/mol. The molecule has 0 spiro atoms. The SMILES string of the molecule is CN(C)c1ccc2cc3ccc(N(C)C)cc3nc2c1.Cl.O.[Cl][Zn][Cl]. The van der Waals surface area contributed by atoms with E-state index in [0.29, 0.717) is 0 Å². The molecule has 0 fully saturated rings. The first-order valence-corrected chi connectivity index (χ1v) is 15.1. The van der Waals surface area contributed by atoms with Crippen molar-refractivity contribution in [1.29, 1.82) is 0 Å². The maximum absolute atomic E-state index is 4.95. The number of fused-ring (bicyclic) bond motifs is 2. The van der Waals surface area contributed by atoms with Crippen LogP contribution in [0.25, 0.3) is 21.8 Å². The first kappa shape index (κ1) is 24.2. The zero-order valence-corrected chi connectivity index (χ0v) is 20.0. The second-order valence-corrected chi connectivity index (χ2v) is 10.3. The Bertz CT molecular complexity index is 753. The van der Waals surface area contributed by atoms with Crippen molar-refractivity contribution in [3.05, 3.63) is 42.5 Å². The van der Waals surface area contributed by atoms with Gasteiger partial charge in [-0.2, -0.15) is 0 Å². The van der Waals surface area contributed by atoms with Crippen molar-refractivity contribution < 1.29 is 20.6 Å². The summed E-state index contributed by atoms with van der Waals surface area (Å²) >= 11 is -0.931. The van der Waals surface area contributed by atoms with Crippen LogP contribution in [0.5, 0.6) is 0 Å². The number of rotatable bonds is 2. The van der Waals surface area contributed by atoms with E-state index in [0.717, 1.165) is 11.0 Å². The summed E-state index contributed by atoms with van der Waals surface area (Å²) in [7, 11) is 18.1. The second-order valence-electron chi connectivity index (χ2n) is 5.63. The van der Waals surface area contributed by atoms with Crippen LogP contribution in [0.2, 0.25) is 0 Å². The summed E-state index contributed by atoms with van der Waals surface area (Å²) in [5, 5.41) is 2.36. The van der Waals surface area contributed by atoms with E-state index >= 15 is 0 Å². The molecule has 2 aromatic carbocycles. The van der Waals surface area contributed by atoms with E-state index in [1.165, 1.54) is 22.1 Å². The molecule has 3 aromatic rings. The number of halogens is 3. The van der Waals surface area contributed by atoms with E-state index in [1.54, 1.807) is 0 Å². The van der Waals surface area contributed by atoms with Crippen molar-refractivity contribution >= 4 is 65.0 Å². The predicted octanol–water partition coefficient (Wildman–Crippen LogP) is 4.49. The Labute approximate surface area is 170 Å². The van der Waals surface area contributed by atoms with Crippen LogP contribution in [0.4, 0.5) is 11.4 Å². The molecule has 1 heterocycles. The van der Waals surface area contributed by atoms with Gasteiger partial charge in [-0.25, -0.2) is 4.98 Å². The minimum atomic E-state index is -0.931. The van der Waals surface area contributed by atoms with Crippen molar-refractivity contribution in [2.24, 2.45) is 0 Å². The van der Waals surface area contributed by atoms with Gasteiger partial charge in [-0.3, -0.25) is 0 Å². The maximum atomic E-state index is 4.95. The van der Waals surface area contributed by atoms with Gasteiger partial charge in [0.15, 0.2) is 0 Å². The topological polar surface area (TPSA) is 50.9 Å². The molecule has 0 radical (unpaired) electrons. The van der Waals surface area contributed by atoms with Crippen LogP contribution in [0.1, 0.15) is 0 Å². The number of benzene rings is 2. The Morgan fingerprint density at radius 3 is 1.44 bits per heavy atom. The average Bonchev–Trinajstić information content (AvgIpc) is 2.52. The fourth-order valence-corrected chi connectivity index (χ4v) is 2.36. The number of aromatic nitrogens is 1. The summed E-state index contributed by atoms with van der Waals surface area (Å²) in [5.41, 5.74) is 4.43. The molecule has 4 nitrogen and oxygen atoms in total. The molecule has 2 N–H and O–H groups in total. The Morgan fingerprint density at radius 1 is 0.760 bits per heavy atom. The van der Waals surface area contributed by atoms with Gasteiger partial charge < -0.3 is 15.3 Å². The van der Waals surface area contributed by atoms with Gasteiger partial charge in [0.2, 0.25) is 0 Å². The molecule has 8 heteroatoms. The summed E-state index contributed by atoms with van der Waals surface area (Å²) in [4.78, 5) is 9.01. The second kappa shape index (κ2) is 11.0. The normalized spacial score (nSPS) is 9.20. The summed E-state index contributed by atoms with van der Waals surface area (Å²) in [6.07, 6.45) is 0. The van der Waals surface area contributed by atoms with Gasteiger partial charge in [-0.1, -0.05) is 12.1 Å². The van der Waals surface area contributed by atoms with Crippen LogP contribution >= 0.6 is 31.8 Å². The summed E-state index contributed by atoms with van der Waals surface area (Å²) in [6, 6.07) is 15.0. The molecule has 134 valence electrons. The van der Waals surface area contributed by atoms with Crippen LogP contribution in [0, 0.1) is 0 Å². The van der Waals surface area contributed by atoms with E-state index in [2.05, 4.69) is 52.3 Å². The molecule has 0 amide bonds. The van der Waals surface area contributed by atoms with E-state index in [9.17, 15) is 0 Å². The van der Waals surface area contributed by atoms with Gasteiger partial charge in [0.1, 0.15) is 0 Å².